The maximum Gasteiger partial charge on any atom is 0.231 e. The third-order valence-electron chi connectivity index (χ3n) is 3.44. The summed E-state index contributed by atoms with van der Waals surface area (Å²) in [6.45, 7) is 0.906. The van der Waals surface area contributed by atoms with E-state index in [1.54, 1.807) is 18.3 Å². The van der Waals surface area contributed by atoms with Crippen molar-refractivity contribution in [3.8, 4) is 11.5 Å². The Morgan fingerprint density at radius 3 is 2.75 bits per heavy atom. The summed E-state index contributed by atoms with van der Waals surface area (Å²) in [5.74, 6) is 1.44. The van der Waals surface area contributed by atoms with Crippen LogP contribution >= 0.6 is 28.1 Å². The fourth-order valence-electron chi connectivity index (χ4n) is 2.12. The highest BCUT2D eigenvalue weighted by molar-refractivity contribution is 9.10. The van der Waals surface area contributed by atoms with E-state index in [9.17, 15) is 0 Å². The molecule has 1 aliphatic heterocycles. The van der Waals surface area contributed by atoms with Crippen LogP contribution in [0.2, 0.25) is 0 Å². The lowest BCUT2D eigenvalue weighted by Crippen LogP contribution is -2.33. The molecule has 0 unspecified atom stereocenters. The van der Waals surface area contributed by atoms with Crippen LogP contribution in [0.15, 0.2) is 52.0 Å². The van der Waals surface area contributed by atoms with E-state index in [2.05, 4.69) is 26.3 Å². The maximum atomic E-state index is 5.38. The van der Waals surface area contributed by atoms with Gasteiger partial charge in [-0.05, 0) is 45.8 Å². The first-order valence-corrected chi connectivity index (χ1v) is 8.52. The number of rotatable bonds is 4. The van der Waals surface area contributed by atoms with E-state index in [4.69, 9.17) is 21.7 Å². The van der Waals surface area contributed by atoms with Gasteiger partial charge in [-0.1, -0.05) is 30.3 Å². The van der Waals surface area contributed by atoms with Crippen molar-refractivity contribution < 1.29 is 9.47 Å². The number of nitrogens with one attached hydrogen (secondary N) is 1. The SMILES string of the molecule is CN(/N=C\c1cc2c(cc1Br)OCO2)C(=S)NCc1ccccc1. The molecule has 1 aliphatic rings. The summed E-state index contributed by atoms with van der Waals surface area (Å²) < 4.78 is 11.6. The van der Waals surface area contributed by atoms with Crippen LogP contribution in [-0.2, 0) is 6.54 Å². The van der Waals surface area contributed by atoms with E-state index < -0.39 is 0 Å². The molecule has 2 aromatic carbocycles. The average Bonchev–Trinajstić information content (AvgIpc) is 3.05. The molecular weight excluding hydrogens is 390 g/mol. The Hall–Kier alpha value is -2.12. The Kier molecular flexibility index (Phi) is 5.32. The van der Waals surface area contributed by atoms with E-state index in [0.717, 1.165) is 21.3 Å². The van der Waals surface area contributed by atoms with Gasteiger partial charge in [0.25, 0.3) is 0 Å². The summed E-state index contributed by atoms with van der Waals surface area (Å²) in [5, 5.41) is 9.72. The zero-order valence-corrected chi connectivity index (χ0v) is 15.4. The van der Waals surface area contributed by atoms with Crippen molar-refractivity contribution in [3.63, 3.8) is 0 Å². The van der Waals surface area contributed by atoms with Crippen LogP contribution in [0.3, 0.4) is 0 Å². The molecule has 5 nitrogen and oxygen atoms in total. The van der Waals surface area contributed by atoms with Gasteiger partial charge in [0.1, 0.15) is 0 Å². The molecule has 1 N–H and O–H groups in total. The van der Waals surface area contributed by atoms with Crippen molar-refractivity contribution in [1.82, 2.24) is 10.3 Å². The first-order chi connectivity index (χ1) is 11.6. The van der Waals surface area contributed by atoms with Crippen LogP contribution in [0.25, 0.3) is 0 Å². The molecule has 2 aromatic rings. The summed E-state index contributed by atoms with van der Waals surface area (Å²) >= 11 is 8.85. The first kappa shape index (κ1) is 16.7. The van der Waals surface area contributed by atoms with E-state index in [0.29, 0.717) is 17.4 Å². The van der Waals surface area contributed by atoms with Gasteiger partial charge in [0.05, 0.1) is 6.21 Å². The zero-order chi connectivity index (χ0) is 16.9. The molecular formula is C17H16BrN3O2S. The largest absolute Gasteiger partial charge is 0.454 e. The topological polar surface area (TPSA) is 46.1 Å². The number of nitrogens with zero attached hydrogens (tertiary/aromatic N) is 2. The molecule has 0 aromatic heterocycles. The number of ether oxygens (including phenoxy) is 2. The lowest BCUT2D eigenvalue weighted by atomic mass is 10.2. The molecule has 0 radical (unpaired) electrons. The van der Waals surface area contributed by atoms with Gasteiger partial charge in [-0.3, -0.25) is 0 Å². The second-order valence-electron chi connectivity index (χ2n) is 5.14. The van der Waals surface area contributed by atoms with Crippen LogP contribution in [0.1, 0.15) is 11.1 Å². The van der Waals surface area contributed by atoms with Crippen LogP contribution < -0.4 is 14.8 Å². The Morgan fingerprint density at radius 2 is 2.00 bits per heavy atom. The van der Waals surface area contributed by atoms with Crippen molar-refractivity contribution in [3.05, 3.63) is 58.1 Å². The van der Waals surface area contributed by atoms with Gasteiger partial charge >= 0.3 is 0 Å². The van der Waals surface area contributed by atoms with Gasteiger partial charge in [0.2, 0.25) is 6.79 Å². The van der Waals surface area contributed by atoms with Gasteiger partial charge in [-0.25, -0.2) is 5.01 Å². The summed E-state index contributed by atoms with van der Waals surface area (Å²) in [6.07, 6.45) is 1.72. The maximum absolute atomic E-state index is 5.38. The first-order valence-electron chi connectivity index (χ1n) is 7.32. The van der Waals surface area contributed by atoms with Crippen LogP contribution in [0, 0.1) is 0 Å². The Bertz CT molecular complexity index is 768. The van der Waals surface area contributed by atoms with Crippen LogP contribution in [0.4, 0.5) is 0 Å². The average molecular weight is 406 g/mol. The standard InChI is InChI=1S/C17H16BrN3O2S/c1-21(17(24)19-9-12-5-3-2-4-6-12)20-10-13-7-15-16(8-14(13)18)23-11-22-15/h2-8,10H,9,11H2,1H3,(H,19,24)/b20-10-. The predicted octanol–water partition coefficient (Wildman–Crippen LogP) is 3.52. The third kappa shape index (κ3) is 4.04. The number of thiocarbonyl (C=S) groups is 1. The number of fused-ring (bicyclic) bond motifs is 1. The van der Waals surface area contributed by atoms with Crippen LogP contribution in [0.5, 0.6) is 11.5 Å². The normalized spacial score (nSPS) is 12.4. The third-order valence-corrected chi connectivity index (χ3v) is 4.54. The van der Waals surface area contributed by atoms with E-state index >= 15 is 0 Å². The van der Waals surface area contributed by atoms with E-state index in [1.807, 2.05) is 42.5 Å². The lowest BCUT2D eigenvalue weighted by molar-refractivity contribution is 0.174. The zero-order valence-electron chi connectivity index (χ0n) is 13.0. The second kappa shape index (κ2) is 7.63. The highest BCUT2D eigenvalue weighted by Gasteiger charge is 2.15. The molecule has 0 aliphatic carbocycles. The number of benzene rings is 2. The molecule has 24 heavy (non-hydrogen) atoms. The van der Waals surface area contributed by atoms with Crippen molar-refractivity contribution in [2.45, 2.75) is 6.54 Å². The van der Waals surface area contributed by atoms with Crippen molar-refractivity contribution >= 4 is 39.5 Å². The minimum Gasteiger partial charge on any atom is -0.454 e. The highest BCUT2D eigenvalue weighted by atomic mass is 79.9. The van der Waals surface area contributed by atoms with Crippen molar-refractivity contribution in [2.75, 3.05) is 13.8 Å². The molecule has 0 atom stereocenters. The lowest BCUT2D eigenvalue weighted by Gasteiger charge is -2.15. The second-order valence-corrected chi connectivity index (χ2v) is 6.38. The minimum absolute atomic E-state index is 0.246. The quantitative estimate of drug-likeness (QED) is 0.478. The summed E-state index contributed by atoms with van der Waals surface area (Å²) in [7, 11) is 1.80. The predicted molar refractivity (Wildman–Crippen MR) is 102 cm³/mol. The smallest absolute Gasteiger partial charge is 0.231 e. The molecule has 0 saturated heterocycles. The van der Waals surface area contributed by atoms with Gasteiger partial charge in [0.15, 0.2) is 16.6 Å². The molecule has 7 heteroatoms. The number of hydrazone groups is 1. The molecule has 0 bridgehead atoms. The summed E-state index contributed by atoms with van der Waals surface area (Å²) in [6, 6.07) is 13.8. The van der Waals surface area contributed by atoms with Crippen molar-refractivity contribution in [1.29, 1.82) is 0 Å². The van der Waals surface area contributed by atoms with Gasteiger partial charge in [-0.2, -0.15) is 5.10 Å². The molecule has 3 rings (SSSR count). The Balaban J connectivity index is 1.60. The van der Waals surface area contributed by atoms with Gasteiger partial charge < -0.3 is 14.8 Å². The summed E-state index contributed by atoms with van der Waals surface area (Å²) in [5.41, 5.74) is 2.05. The van der Waals surface area contributed by atoms with Crippen molar-refractivity contribution in [2.24, 2.45) is 5.10 Å². The summed E-state index contributed by atoms with van der Waals surface area (Å²) in [4.78, 5) is 0. The molecule has 0 saturated carbocycles. The molecule has 0 fully saturated rings. The molecule has 124 valence electrons. The van der Waals surface area contributed by atoms with Gasteiger partial charge in [0, 0.05) is 23.6 Å². The molecule has 1 heterocycles. The van der Waals surface area contributed by atoms with E-state index in [1.165, 1.54) is 0 Å². The Morgan fingerprint density at radius 1 is 1.29 bits per heavy atom. The minimum atomic E-state index is 0.246. The van der Waals surface area contributed by atoms with Crippen LogP contribution in [-0.4, -0.2) is 30.2 Å². The fourth-order valence-corrected chi connectivity index (χ4v) is 2.67. The number of hydrogen-bond donors (Lipinski definition) is 1. The molecule has 0 spiro atoms. The fraction of sp³-hybridized carbons (Fsp3) is 0.176. The van der Waals surface area contributed by atoms with E-state index in [-0.39, 0.29) is 6.79 Å². The monoisotopic (exact) mass is 405 g/mol. The number of hydrogen-bond acceptors (Lipinski definition) is 4. The van der Waals surface area contributed by atoms with Gasteiger partial charge in [-0.15, -0.1) is 0 Å². The number of halogens is 1. The Labute approximate surface area is 154 Å². The molecule has 0 amide bonds. The highest BCUT2D eigenvalue weighted by Crippen LogP contribution is 2.36.